The Balaban J connectivity index is 1.62. The van der Waals surface area contributed by atoms with E-state index in [1.165, 1.54) is 0 Å². The second-order valence-corrected chi connectivity index (χ2v) is 9.20. The van der Waals surface area contributed by atoms with Gasteiger partial charge in [0.2, 0.25) is 0 Å². The largest absolute Gasteiger partial charge is 0.378 e. The van der Waals surface area contributed by atoms with Crippen LogP contribution in [0.3, 0.4) is 0 Å². The predicted octanol–water partition coefficient (Wildman–Crippen LogP) is 6.30. The van der Waals surface area contributed by atoms with Crippen molar-refractivity contribution in [1.82, 2.24) is 9.47 Å². The van der Waals surface area contributed by atoms with Gasteiger partial charge in [-0.3, -0.25) is 0 Å². The molecule has 1 aliphatic rings. The van der Waals surface area contributed by atoms with Crippen molar-refractivity contribution in [2.75, 3.05) is 24.3 Å². The van der Waals surface area contributed by atoms with E-state index < -0.39 is 0 Å². The second kappa shape index (κ2) is 8.75. The van der Waals surface area contributed by atoms with Crippen molar-refractivity contribution in [2.45, 2.75) is 26.4 Å². The van der Waals surface area contributed by atoms with Crippen molar-refractivity contribution in [3.63, 3.8) is 0 Å². The number of carbonyl (C=O) groups excluding carboxylic acids is 1. The molecule has 2 amide bonds. The Morgan fingerprint density at radius 2 is 1.71 bits per heavy atom. The third-order valence-corrected chi connectivity index (χ3v) is 6.58. The summed E-state index contributed by atoms with van der Waals surface area (Å²) in [4.78, 5) is 17.9. The Hall–Kier alpha value is -3.99. The Bertz CT molecular complexity index is 1340. The monoisotopic (exact) mass is 450 g/mol. The van der Waals surface area contributed by atoms with Crippen molar-refractivity contribution < 1.29 is 4.79 Å². The Morgan fingerprint density at radius 1 is 0.941 bits per heavy atom. The standard InChI is InChI=1S/C29H30N4O/c1-20-11-12-21(2)25(18-20)30-29(34)33-19-23-8-5-6-9-26(23)32-17-7-10-27(32)28(33)22-13-15-24(16-14-22)31(3)4/h5-18,28H,19H2,1-4H3,(H,30,34)/t28-/m1/s1. The number of benzene rings is 3. The van der Waals surface area contributed by atoms with Gasteiger partial charge in [-0.15, -0.1) is 0 Å². The maximum Gasteiger partial charge on any atom is 0.322 e. The second-order valence-electron chi connectivity index (χ2n) is 9.20. The van der Waals surface area contributed by atoms with E-state index >= 15 is 0 Å². The molecule has 172 valence electrons. The van der Waals surface area contributed by atoms with E-state index in [2.05, 4.69) is 81.6 Å². The van der Waals surface area contributed by atoms with Gasteiger partial charge in [-0.25, -0.2) is 4.79 Å². The highest BCUT2D eigenvalue weighted by atomic mass is 16.2. The molecule has 0 bridgehead atoms. The number of para-hydroxylation sites is 1. The number of fused-ring (bicyclic) bond motifs is 3. The molecule has 1 aromatic heterocycles. The van der Waals surface area contributed by atoms with Gasteiger partial charge in [-0.05, 0) is 72.5 Å². The highest BCUT2D eigenvalue weighted by molar-refractivity contribution is 5.91. The van der Waals surface area contributed by atoms with E-state index in [-0.39, 0.29) is 12.1 Å². The molecule has 0 aliphatic carbocycles. The van der Waals surface area contributed by atoms with Crippen LogP contribution in [-0.4, -0.2) is 29.6 Å². The Labute approximate surface area is 201 Å². The van der Waals surface area contributed by atoms with Crippen LogP contribution in [0.1, 0.15) is 34.0 Å². The number of amides is 2. The van der Waals surface area contributed by atoms with Crippen LogP contribution in [0.2, 0.25) is 0 Å². The summed E-state index contributed by atoms with van der Waals surface area (Å²) < 4.78 is 2.21. The number of aromatic nitrogens is 1. The van der Waals surface area contributed by atoms with Gasteiger partial charge in [-0.1, -0.05) is 42.5 Å². The molecule has 5 nitrogen and oxygen atoms in total. The lowest BCUT2D eigenvalue weighted by Crippen LogP contribution is -2.38. The highest BCUT2D eigenvalue weighted by Gasteiger charge is 2.33. The lowest BCUT2D eigenvalue weighted by atomic mass is 10.0. The molecule has 0 saturated heterocycles. The SMILES string of the molecule is Cc1ccc(C)c(NC(=O)N2Cc3ccccc3-n3cccc3[C@H]2c2ccc(N(C)C)cc2)c1. The molecular weight excluding hydrogens is 420 g/mol. The molecule has 0 unspecified atom stereocenters. The number of urea groups is 1. The summed E-state index contributed by atoms with van der Waals surface area (Å²) in [6.07, 6.45) is 2.08. The van der Waals surface area contributed by atoms with E-state index in [0.29, 0.717) is 6.54 Å². The summed E-state index contributed by atoms with van der Waals surface area (Å²) >= 11 is 0. The van der Waals surface area contributed by atoms with Gasteiger partial charge in [0, 0.05) is 37.4 Å². The molecule has 2 heterocycles. The number of anilines is 2. The number of nitrogens with zero attached hydrogens (tertiary/aromatic N) is 3. The van der Waals surface area contributed by atoms with Crippen molar-refractivity contribution in [1.29, 1.82) is 0 Å². The van der Waals surface area contributed by atoms with Crippen molar-refractivity contribution >= 4 is 17.4 Å². The fourth-order valence-electron chi connectivity index (χ4n) is 4.70. The minimum Gasteiger partial charge on any atom is -0.378 e. The van der Waals surface area contributed by atoms with Gasteiger partial charge in [0.25, 0.3) is 0 Å². The summed E-state index contributed by atoms with van der Waals surface area (Å²) in [5, 5.41) is 3.20. The summed E-state index contributed by atoms with van der Waals surface area (Å²) in [7, 11) is 4.07. The molecule has 1 aliphatic heterocycles. The Morgan fingerprint density at radius 3 is 2.47 bits per heavy atom. The molecule has 4 aromatic rings. The average Bonchev–Trinajstić information content (AvgIpc) is 3.25. The topological polar surface area (TPSA) is 40.5 Å². The zero-order chi connectivity index (χ0) is 23.8. The van der Waals surface area contributed by atoms with Gasteiger partial charge < -0.3 is 19.7 Å². The molecule has 0 spiro atoms. The van der Waals surface area contributed by atoms with Crippen molar-refractivity contribution in [2.24, 2.45) is 0 Å². The molecule has 5 rings (SSSR count). The van der Waals surface area contributed by atoms with Gasteiger partial charge in [0.1, 0.15) is 0 Å². The quantitative estimate of drug-likeness (QED) is 0.398. The number of nitrogens with one attached hydrogen (secondary N) is 1. The first-order valence-corrected chi connectivity index (χ1v) is 11.6. The zero-order valence-corrected chi connectivity index (χ0v) is 20.1. The van der Waals surface area contributed by atoms with Crippen LogP contribution in [-0.2, 0) is 6.54 Å². The van der Waals surface area contributed by atoms with E-state index in [4.69, 9.17) is 0 Å². The van der Waals surface area contributed by atoms with Gasteiger partial charge in [0.15, 0.2) is 0 Å². The number of hydrogen-bond acceptors (Lipinski definition) is 2. The van der Waals surface area contributed by atoms with Gasteiger partial charge >= 0.3 is 6.03 Å². The predicted molar refractivity (Wildman–Crippen MR) is 139 cm³/mol. The van der Waals surface area contributed by atoms with E-state index in [1.54, 1.807) is 0 Å². The molecule has 0 saturated carbocycles. The van der Waals surface area contributed by atoms with Crippen LogP contribution in [0, 0.1) is 13.8 Å². The van der Waals surface area contributed by atoms with E-state index in [1.807, 2.05) is 51.0 Å². The summed E-state index contributed by atoms with van der Waals surface area (Å²) in [5.74, 6) is 0. The maximum absolute atomic E-state index is 13.9. The van der Waals surface area contributed by atoms with Crippen LogP contribution in [0.25, 0.3) is 5.69 Å². The smallest absolute Gasteiger partial charge is 0.322 e. The third kappa shape index (κ3) is 3.94. The zero-order valence-electron chi connectivity index (χ0n) is 20.1. The molecule has 0 fully saturated rings. The fraction of sp³-hybridized carbons (Fsp3) is 0.207. The minimum absolute atomic E-state index is 0.111. The summed E-state index contributed by atoms with van der Waals surface area (Å²) in [6, 6.07) is 26.8. The Kier molecular flexibility index (Phi) is 5.62. The fourth-order valence-corrected chi connectivity index (χ4v) is 4.70. The molecular formula is C29H30N4O. The molecule has 34 heavy (non-hydrogen) atoms. The lowest BCUT2D eigenvalue weighted by molar-refractivity contribution is 0.194. The normalized spacial score (nSPS) is 14.7. The van der Waals surface area contributed by atoms with Crippen molar-refractivity contribution in [3.8, 4) is 5.69 Å². The number of hydrogen-bond donors (Lipinski definition) is 1. The third-order valence-electron chi connectivity index (χ3n) is 6.58. The van der Waals surface area contributed by atoms with E-state index in [0.717, 1.165) is 45.0 Å². The van der Waals surface area contributed by atoms with Crippen LogP contribution in [0.4, 0.5) is 16.2 Å². The van der Waals surface area contributed by atoms with Crippen LogP contribution in [0.5, 0.6) is 0 Å². The summed E-state index contributed by atoms with van der Waals surface area (Å²) in [5.41, 5.74) is 8.51. The van der Waals surface area contributed by atoms with E-state index in [9.17, 15) is 4.79 Å². The molecule has 1 atom stereocenters. The number of carbonyl (C=O) groups is 1. The van der Waals surface area contributed by atoms with Crippen LogP contribution >= 0.6 is 0 Å². The first-order chi connectivity index (χ1) is 16.4. The van der Waals surface area contributed by atoms with Crippen molar-refractivity contribution in [3.05, 3.63) is 113 Å². The first kappa shape index (κ1) is 21.8. The molecule has 0 radical (unpaired) electrons. The first-order valence-electron chi connectivity index (χ1n) is 11.6. The maximum atomic E-state index is 13.9. The summed E-state index contributed by atoms with van der Waals surface area (Å²) in [6.45, 7) is 4.57. The number of aryl methyl sites for hydroxylation is 2. The lowest BCUT2D eigenvalue weighted by Gasteiger charge is -2.31. The average molecular weight is 451 g/mol. The van der Waals surface area contributed by atoms with Crippen LogP contribution < -0.4 is 10.2 Å². The molecule has 3 aromatic carbocycles. The van der Waals surface area contributed by atoms with Crippen LogP contribution in [0.15, 0.2) is 85.1 Å². The molecule has 1 N–H and O–H groups in total. The number of rotatable bonds is 3. The van der Waals surface area contributed by atoms with Gasteiger partial charge in [-0.2, -0.15) is 0 Å². The molecule has 5 heteroatoms. The van der Waals surface area contributed by atoms with Gasteiger partial charge in [0.05, 0.1) is 18.3 Å². The minimum atomic E-state index is -0.233. The highest BCUT2D eigenvalue weighted by Crippen LogP contribution is 2.37.